The molecule has 0 aliphatic rings. The molecule has 1 aromatic carbocycles. The van der Waals surface area contributed by atoms with Crippen molar-refractivity contribution in [2.45, 2.75) is 19.9 Å². The fourth-order valence-electron chi connectivity index (χ4n) is 1.19. The van der Waals surface area contributed by atoms with Gasteiger partial charge < -0.3 is 16.0 Å². The van der Waals surface area contributed by atoms with Crippen LogP contribution in [0.25, 0.3) is 0 Å². The molecular formula is C9H15BN2O. The van der Waals surface area contributed by atoms with Gasteiger partial charge in [0.2, 0.25) is 0 Å². The third kappa shape index (κ3) is 3.18. The van der Waals surface area contributed by atoms with Gasteiger partial charge in [-0.2, -0.15) is 0 Å². The van der Waals surface area contributed by atoms with Crippen molar-refractivity contribution >= 4 is 7.05 Å². The van der Waals surface area contributed by atoms with Gasteiger partial charge in [0.25, 0.3) is 0 Å². The predicted molar refractivity (Wildman–Crippen MR) is 55.0 cm³/mol. The normalized spacial score (nSPS) is 10.1. The number of rotatable bonds is 4. The van der Waals surface area contributed by atoms with E-state index in [0.717, 1.165) is 11.1 Å². The van der Waals surface area contributed by atoms with Gasteiger partial charge in [0.15, 0.2) is 0 Å². The highest BCUT2D eigenvalue weighted by Crippen LogP contribution is 2.06. The summed E-state index contributed by atoms with van der Waals surface area (Å²) in [5, 5.41) is 12.0. The Morgan fingerprint density at radius 1 is 1.38 bits per heavy atom. The average molecular weight is 178 g/mol. The van der Waals surface area contributed by atoms with Crippen molar-refractivity contribution in [2.75, 3.05) is 0 Å². The SMILES string of the molecule is CB(O)NCc1ccccc1CN. The van der Waals surface area contributed by atoms with E-state index in [1.54, 1.807) is 6.82 Å². The fraction of sp³-hybridized carbons (Fsp3) is 0.333. The molecule has 0 amide bonds. The minimum atomic E-state index is -0.481. The summed E-state index contributed by atoms with van der Waals surface area (Å²) in [6.07, 6.45) is 0. The smallest absolute Gasteiger partial charge is 0.373 e. The number of hydrogen-bond donors (Lipinski definition) is 3. The van der Waals surface area contributed by atoms with Crippen molar-refractivity contribution < 1.29 is 5.02 Å². The highest BCUT2D eigenvalue weighted by atomic mass is 16.2. The van der Waals surface area contributed by atoms with Gasteiger partial charge in [0.05, 0.1) is 0 Å². The molecule has 0 radical (unpaired) electrons. The molecule has 0 aromatic heterocycles. The Bertz CT molecular complexity index is 266. The van der Waals surface area contributed by atoms with Crippen LogP contribution in [0.15, 0.2) is 24.3 Å². The van der Waals surface area contributed by atoms with Crippen LogP contribution in [0.2, 0.25) is 6.82 Å². The molecule has 0 bridgehead atoms. The molecule has 0 atom stereocenters. The second-order valence-electron chi connectivity index (χ2n) is 3.03. The molecule has 4 heteroatoms. The zero-order valence-corrected chi connectivity index (χ0v) is 7.83. The lowest BCUT2D eigenvalue weighted by Gasteiger charge is -2.08. The van der Waals surface area contributed by atoms with E-state index in [1.807, 2.05) is 24.3 Å². The first kappa shape index (κ1) is 10.2. The molecule has 0 heterocycles. The van der Waals surface area contributed by atoms with E-state index in [2.05, 4.69) is 5.23 Å². The Kier molecular flexibility index (Phi) is 3.95. The van der Waals surface area contributed by atoms with Gasteiger partial charge in [-0.15, -0.1) is 0 Å². The van der Waals surface area contributed by atoms with Crippen LogP contribution in [0.5, 0.6) is 0 Å². The summed E-state index contributed by atoms with van der Waals surface area (Å²) in [7, 11) is -0.481. The Labute approximate surface area is 79.1 Å². The topological polar surface area (TPSA) is 58.3 Å². The first-order valence-electron chi connectivity index (χ1n) is 4.42. The molecule has 0 saturated carbocycles. The lowest BCUT2D eigenvalue weighted by atomic mass is 9.88. The first-order chi connectivity index (χ1) is 6.24. The van der Waals surface area contributed by atoms with Crippen LogP contribution in [0.3, 0.4) is 0 Å². The van der Waals surface area contributed by atoms with Crippen molar-refractivity contribution in [1.82, 2.24) is 5.23 Å². The van der Waals surface area contributed by atoms with Crippen molar-refractivity contribution in [3.05, 3.63) is 35.4 Å². The van der Waals surface area contributed by atoms with E-state index < -0.39 is 7.05 Å². The lowest BCUT2D eigenvalue weighted by molar-refractivity contribution is 0.553. The summed E-state index contributed by atoms with van der Waals surface area (Å²) < 4.78 is 0. The van der Waals surface area contributed by atoms with Crippen molar-refractivity contribution in [3.8, 4) is 0 Å². The highest BCUT2D eigenvalue weighted by molar-refractivity contribution is 6.45. The van der Waals surface area contributed by atoms with Crippen LogP contribution in [-0.4, -0.2) is 12.1 Å². The number of benzene rings is 1. The summed E-state index contributed by atoms with van der Waals surface area (Å²) in [5.74, 6) is 0. The maximum Gasteiger partial charge on any atom is 0.373 e. The molecule has 0 unspecified atom stereocenters. The Morgan fingerprint density at radius 3 is 2.54 bits per heavy atom. The van der Waals surface area contributed by atoms with Crippen LogP contribution in [0, 0.1) is 0 Å². The van der Waals surface area contributed by atoms with Crippen LogP contribution in [0.4, 0.5) is 0 Å². The fourth-order valence-corrected chi connectivity index (χ4v) is 1.19. The van der Waals surface area contributed by atoms with E-state index >= 15 is 0 Å². The van der Waals surface area contributed by atoms with Crippen LogP contribution < -0.4 is 11.0 Å². The molecule has 1 aromatic rings. The number of nitrogens with two attached hydrogens (primary N) is 1. The largest absolute Gasteiger partial charge is 0.437 e. The molecule has 4 N–H and O–H groups in total. The Hall–Kier alpha value is -0.835. The van der Waals surface area contributed by atoms with Crippen molar-refractivity contribution in [2.24, 2.45) is 5.73 Å². The lowest BCUT2D eigenvalue weighted by Crippen LogP contribution is -2.30. The van der Waals surface area contributed by atoms with E-state index in [4.69, 9.17) is 10.8 Å². The van der Waals surface area contributed by atoms with Crippen LogP contribution in [-0.2, 0) is 13.1 Å². The van der Waals surface area contributed by atoms with Crippen molar-refractivity contribution in [3.63, 3.8) is 0 Å². The summed E-state index contributed by atoms with van der Waals surface area (Å²) in [5.41, 5.74) is 7.83. The molecule has 0 fully saturated rings. The summed E-state index contributed by atoms with van der Waals surface area (Å²) in [6, 6.07) is 7.95. The second-order valence-corrected chi connectivity index (χ2v) is 3.03. The summed E-state index contributed by atoms with van der Waals surface area (Å²) in [6.45, 7) is 2.90. The molecule has 0 saturated heterocycles. The monoisotopic (exact) mass is 178 g/mol. The Morgan fingerprint density at radius 2 is 2.00 bits per heavy atom. The van der Waals surface area contributed by atoms with Gasteiger partial charge >= 0.3 is 7.05 Å². The standard InChI is InChI=1S/C9H15BN2O/c1-10(13)12-7-9-5-3-2-4-8(9)6-11/h2-5,12-13H,6-7,11H2,1H3. The van der Waals surface area contributed by atoms with E-state index in [-0.39, 0.29) is 0 Å². The van der Waals surface area contributed by atoms with Gasteiger partial charge in [-0.25, -0.2) is 0 Å². The average Bonchev–Trinajstić information content (AvgIpc) is 2.15. The minimum absolute atomic E-state index is 0.481. The van der Waals surface area contributed by atoms with E-state index in [1.165, 1.54) is 0 Å². The van der Waals surface area contributed by atoms with Gasteiger partial charge in [0.1, 0.15) is 0 Å². The zero-order valence-electron chi connectivity index (χ0n) is 7.83. The summed E-state index contributed by atoms with van der Waals surface area (Å²) >= 11 is 0. The van der Waals surface area contributed by atoms with E-state index in [0.29, 0.717) is 13.1 Å². The minimum Gasteiger partial charge on any atom is -0.437 e. The summed E-state index contributed by atoms with van der Waals surface area (Å²) in [4.78, 5) is 0. The first-order valence-corrected chi connectivity index (χ1v) is 4.42. The van der Waals surface area contributed by atoms with Gasteiger partial charge in [-0.1, -0.05) is 24.3 Å². The Balaban J connectivity index is 2.64. The van der Waals surface area contributed by atoms with E-state index in [9.17, 15) is 0 Å². The molecule has 0 aliphatic carbocycles. The second kappa shape index (κ2) is 5.02. The quantitative estimate of drug-likeness (QED) is 0.583. The maximum absolute atomic E-state index is 9.03. The van der Waals surface area contributed by atoms with Crippen LogP contribution in [0.1, 0.15) is 11.1 Å². The van der Waals surface area contributed by atoms with Crippen LogP contribution >= 0.6 is 0 Å². The third-order valence-electron chi connectivity index (χ3n) is 1.93. The van der Waals surface area contributed by atoms with Crippen molar-refractivity contribution in [1.29, 1.82) is 0 Å². The molecule has 3 nitrogen and oxygen atoms in total. The third-order valence-corrected chi connectivity index (χ3v) is 1.93. The number of hydrogen-bond acceptors (Lipinski definition) is 3. The molecule has 1 rings (SSSR count). The van der Waals surface area contributed by atoms with Gasteiger partial charge in [-0.05, 0) is 17.9 Å². The number of nitrogens with one attached hydrogen (secondary N) is 1. The molecule has 70 valence electrons. The van der Waals surface area contributed by atoms with Gasteiger partial charge in [0, 0.05) is 13.1 Å². The molecular weight excluding hydrogens is 163 g/mol. The molecule has 0 spiro atoms. The molecule has 0 aliphatic heterocycles. The highest BCUT2D eigenvalue weighted by Gasteiger charge is 2.03. The maximum atomic E-state index is 9.03. The molecule has 13 heavy (non-hydrogen) atoms. The van der Waals surface area contributed by atoms with Gasteiger partial charge in [-0.3, -0.25) is 0 Å². The predicted octanol–water partition coefficient (Wildman–Crippen LogP) is 0.345. The zero-order chi connectivity index (χ0) is 9.68.